The van der Waals surface area contributed by atoms with Gasteiger partial charge in [0, 0.05) is 31.0 Å². The molecule has 1 aliphatic heterocycles. The fraction of sp³-hybridized carbons (Fsp3) is 0.304. The maximum atomic E-state index is 13.0. The Morgan fingerprint density at radius 2 is 1.70 bits per heavy atom. The minimum atomic E-state index is -0.185. The molecule has 0 spiro atoms. The van der Waals surface area contributed by atoms with Gasteiger partial charge in [0.15, 0.2) is 0 Å². The Kier molecular flexibility index (Phi) is 6.17. The van der Waals surface area contributed by atoms with Gasteiger partial charge in [0.1, 0.15) is 12.2 Å². The van der Waals surface area contributed by atoms with Crippen LogP contribution in [0.15, 0.2) is 67.0 Å². The molecule has 1 saturated heterocycles. The van der Waals surface area contributed by atoms with Gasteiger partial charge in [-0.25, -0.2) is 4.98 Å². The highest BCUT2D eigenvalue weighted by molar-refractivity contribution is 5.94. The van der Waals surface area contributed by atoms with Crippen LogP contribution in [0.1, 0.15) is 40.6 Å². The van der Waals surface area contributed by atoms with Crippen LogP contribution in [0.5, 0.6) is 0 Å². The molecule has 1 aliphatic rings. The minimum Gasteiger partial charge on any atom is -0.349 e. The van der Waals surface area contributed by atoms with Crippen LogP contribution in [0.25, 0.3) is 0 Å². The third-order valence-corrected chi connectivity index (χ3v) is 5.55. The summed E-state index contributed by atoms with van der Waals surface area (Å²) in [6.45, 7) is 1.17. The summed E-state index contributed by atoms with van der Waals surface area (Å²) in [4.78, 5) is 31.7. The van der Waals surface area contributed by atoms with E-state index in [-0.39, 0.29) is 23.8 Å². The van der Waals surface area contributed by atoms with Gasteiger partial charge in [0.2, 0.25) is 5.91 Å². The highest BCUT2D eigenvalue weighted by Gasteiger charge is 2.29. The predicted molar refractivity (Wildman–Crippen MR) is 112 cm³/mol. The van der Waals surface area contributed by atoms with E-state index in [0.717, 1.165) is 11.4 Å². The van der Waals surface area contributed by atoms with Crippen molar-refractivity contribution >= 4 is 11.8 Å². The molecule has 4 rings (SSSR count). The lowest BCUT2D eigenvalue weighted by Crippen LogP contribution is -2.44. The summed E-state index contributed by atoms with van der Waals surface area (Å²) in [6, 6.07) is 19.0. The van der Waals surface area contributed by atoms with E-state index < -0.39 is 0 Å². The topological polar surface area (TPSA) is 91.0 Å². The number of H-pyrrole nitrogens is 1. The average Bonchev–Trinajstić information content (AvgIpc) is 3.32. The first-order chi connectivity index (χ1) is 14.7. The zero-order valence-corrected chi connectivity index (χ0v) is 16.7. The van der Waals surface area contributed by atoms with Crippen LogP contribution in [-0.4, -0.2) is 45.0 Å². The van der Waals surface area contributed by atoms with E-state index in [4.69, 9.17) is 0 Å². The molecule has 0 aliphatic carbocycles. The molecular weight excluding hydrogens is 378 g/mol. The molecule has 7 heteroatoms. The summed E-state index contributed by atoms with van der Waals surface area (Å²) < 4.78 is 0. The van der Waals surface area contributed by atoms with E-state index in [0.29, 0.717) is 37.9 Å². The van der Waals surface area contributed by atoms with Crippen molar-refractivity contribution in [2.45, 2.75) is 25.3 Å². The molecule has 1 atom stereocenters. The Labute approximate surface area is 175 Å². The van der Waals surface area contributed by atoms with Crippen molar-refractivity contribution in [1.29, 1.82) is 0 Å². The number of piperidine rings is 1. The van der Waals surface area contributed by atoms with Gasteiger partial charge in [-0.05, 0) is 30.5 Å². The number of aromatic nitrogens is 3. The Balaban J connectivity index is 1.37. The normalized spacial score (nSPS) is 15.5. The fourth-order valence-corrected chi connectivity index (χ4v) is 3.86. The van der Waals surface area contributed by atoms with Crippen LogP contribution in [0.2, 0.25) is 0 Å². The summed E-state index contributed by atoms with van der Waals surface area (Å²) in [5, 5.41) is 9.96. The molecule has 2 N–H and O–H groups in total. The highest BCUT2D eigenvalue weighted by Crippen LogP contribution is 2.22. The van der Waals surface area contributed by atoms with Gasteiger partial charge < -0.3 is 10.2 Å². The number of nitrogens with one attached hydrogen (secondary N) is 2. The van der Waals surface area contributed by atoms with Crippen LogP contribution in [0.4, 0.5) is 0 Å². The molecule has 2 aromatic carbocycles. The van der Waals surface area contributed by atoms with Crippen molar-refractivity contribution in [3.63, 3.8) is 0 Å². The number of carbonyl (C=O) groups is 2. The molecule has 0 saturated carbocycles. The Bertz CT molecular complexity index is 952. The van der Waals surface area contributed by atoms with E-state index in [1.807, 2.05) is 65.6 Å². The van der Waals surface area contributed by atoms with Crippen molar-refractivity contribution in [3.8, 4) is 0 Å². The summed E-state index contributed by atoms with van der Waals surface area (Å²) >= 11 is 0. The summed E-state index contributed by atoms with van der Waals surface area (Å²) in [6.07, 6.45) is 3.34. The number of carbonyl (C=O) groups excluding carboxylic acids is 2. The monoisotopic (exact) mass is 403 g/mol. The molecule has 2 heterocycles. The molecule has 2 amide bonds. The maximum Gasteiger partial charge on any atom is 0.253 e. The van der Waals surface area contributed by atoms with E-state index in [9.17, 15) is 9.59 Å². The molecule has 1 aromatic heterocycles. The van der Waals surface area contributed by atoms with Crippen LogP contribution in [-0.2, 0) is 11.2 Å². The Hall–Kier alpha value is -3.48. The summed E-state index contributed by atoms with van der Waals surface area (Å²) in [5.74, 6) is 0.676. The number of hydrogen-bond acceptors (Lipinski definition) is 4. The number of benzene rings is 2. The smallest absolute Gasteiger partial charge is 0.253 e. The molecule has 1 fully saturated rings. The van der Waals surface area contributed by atoms with Crippen molar-refractivity contribution in [1.82, 2.24) is 25.4 Å². The summed E-state index contributed by atoms with van der Waals surface area (Å²) in [5.41, 5.74) is 1.72. The first-order valence-corrected chi connectivity index (χ1v) is 10.2. The number of rotatable bonds is 6. The third kappa shape index (κ3) is 4.74. The molecule has 30 heavy (non-hydrogen) atoms. The second-order valence-electron chi connectivity index (χ2n) is 7.54. The number of likely N-dealkylation sites (tertiary alicyclic amines) is 1. The van der Waals surface area contributed by atoms with Gasteiger partial charge in [-0.15, -0.1) is 0 Å². The maximum absolute atomic E-state index is 13.0. The first-order valence-electron chi connectivity index (χ1n) is 10.2. The van der Waals surface area contributed by atoms with Gasteiger partial charge in [-0.2, -0.15) is 5.10 Å². The van der Waals surface area contributed by atoms with Gasteiger partial charge in [-0.1, -0.05) is 48.5 Å². The number of aromatic amines is 1. The van der Waals surface area contributed by atoms with Crippen molar-refractivity contribution < 1.29 is 9.59 Å². The zero-order chi connectivity index (χ0) is 20.8. The van der Waals surface area contributed by atoms with E-state index >= 15 is 0 Å². The molecule has 0 bridgehead atoms. The van der Waals surface area contributed by atoms with Crippen molar-refractivity contribution in [3.05, 3.63) is 83.9 Å². The lowest BCUT2D eigenvalue weighted by atomic mass is 9.94. The molecule has 1 unspecified atom stereocenters. The number of nitrogens with zero attached hydrogens (tertiary/aromatic N) is 3. The Morgan fingerprint density at radius 1 is 1.03 bits per heavy atom. The van der Waals surface area contributed by atoms with Crippen LogP contribution in [0, 0.1) is 5.92 Å². The molecule has 7 nitrogen and oxygen atoms in total. The molecule has 154 valence electrons. The van der Waals surface area contributed by atoms with E-state index in [2.05, 4.69) is 20.5 Å². The largest absolute Gasteiger partial charge is 0.349 e. The van der Waals surface area contributed by atoms with Gasteiger partial charge in [-0.3, -0.25) is 14.7 Å². The molecule has 3 aromatic rings. The van der Waals surface area contributed by atoms with Gasteiger partial charge in [0.05, 0.1) is 6.04 Å². The number of hydrogen-bond donors (Lipinski definition) is 2. The van der Waals surface area contributed by atoms with Crippen LogP contribution < -0.4 is 5.32 Å². The standard InChI is InChI=1S/C23H25N5O2/c29-22(18-11-13-28(14-12-18)23(30)19-9-5-2-6-10-19)26-20(15-21-24-16-25-27-21)17-7-3-1-4-8-17/h1-10,16,18,20H,11-15H2,(H,26,29)(H,24,25,27). The minimum absolute atomic E-state index is 0.0233. The molecular formula is C23H25N5O2. The van der Waals surface area contributed by atoms with Crippen LogP contribution >= 0.6 is 0 Å². The third-order valence-electron chi connectivity index (χ3n) is 5.55. The zero-order valence-electron chi connectivity index (χ0n) is 16.7. The quantitative estimate of drug-likeness (QED) is 0.662. The fourth-order valence-electron chi connectivity index (χ4n) is 3.86. The lowest BCUT2D eigenvalue weighted by Gasteiger charge is -2.32. The average molecular weight is 403 g/mol. The van der Waals surface area contributed by atoms with E-state index in [1.165, 1.54) is 6.33 Å². The highest BCUT2D eigenvalue weighted by atomic mass is 16.2. The predicted octanol–water partition coefficient (Wildman–Crippen LogP) is 2.76. The first kappa shape index (κ1) is 19.8. The van der Waals surface area contributed by atoms with Gasteiger partial charge >= 0.3 is 0 Å². The van der Waals surface area contributed by atoms with Crippen molar-refractivity contribution in [2.75, 3.05) is 13.1 Å². The number of amides is 2. The Morgan fingerprint density at radius 3 is 2.33 bits per heavy atom. The van der Waals surface area contributed by atoms with Crippen LogP contribution in [0.3, 0.4) is 0 Å². The second kappa shape index (κ2) is 9.35. The van der Waals surface area contributed by atoms with E-state index in [1.54, 1.807) is 0 Å². The molecule has 0 radical (unpaired) electrons. The second-order valence-corrected chi connectivity index (χ2v) is 7.54. The SMILES string of the molecule is O=C(NC(Cc1ncn[nH]1)c1ccccc1)C1CCN(C(=O)c2ccccc2)CC1. The van der Waals surface area contributed by atoms with Gasteiger partial charge in [0.25, 0.3) is 5.91 Å². The van der Waals surface area contributed by atoms with Crippen molar-refractivity contribution in [2.24, 2.45) is 5.92 Å². The summed E-state index contributed by atoms with van der Waals surface area (Å²) in [7, 11) is 0. The lowest BCUT2D eigenvalue weighted by molar-refractivity contribution is -0.127.